The first-order valence-electron chi connectivity index (χ1n) is 7.70. The maximum Gasteiger partial charge on any atom is 0.187 e. The molecule has 0 aliphatic carbocycles. The Labute approximate surface area is 137 Å². The lowest BCUT2D eigenvalue weighted by atomic mass is 10.0. The maximum absolute atomic E-state index is 13.2. The highest BCUT2D eigenvalue weighted by Crippen LogP contribution is 2.29. The third kappa shape index (κ3) is 2.17. The van der Waals surface area contributed by atoms with Crippen LogP contribution in [0.5, 0.6) is 0 Å². The molecular formula is C17H15FN6. The third-order valence-electron chi connectivity index (χ3n) is 4.04. The van der Waals surface area contributed by atoms with Gasteiger partial charge in [0.1, 0.15) is 11.5 Å². The first-order chi connectivity index (χ1) is 11.7. The van der Waals surface area contributed by atoms with E-state index < -0.39 is 0 Å². The van der Waals surface area contributed by atoms with Gasteiger partial charge in [-0.05, 0) is 24.1 Å². The number of fused-ring (bicyclic) bond motifs is 1. The molecule has 0 atom stereocenters. The Balaban J connectivity index is 1.94. The van der Waals surface area contributed by atoms with Gasteiger partial charge in [0.25, 0.3) is 0 Å². The van der Waals surface area contributed by atoms with Crippen molar-refractivity contribution in [2.24, 2.45) is 4.99 Å². The van der Waals surface area contributed by atoms with Gasteiger partial charge in [0, 0.05) is 12.6 Å². The topological polar surface area (TPSA) is 81.5 Å². The van der Waals surface area contributed by atoms with Crippen LogP contribution >= 0.6 is 0 Å². The number of hydrogen-bond acceptors (Lipinski definition) is 5. The number of benzene rings is 1. The molecule has 4 rings (SSSR count). The minimum Gasteiger partial charge on any atom is -0.382 e. The number of hydrogen-bond donors (Lipinski definition) is 1. The second kappa shape index (κ2) is 5.52. The number of nitrogens with two attached hydrogens (primary N) is 1. The van der Waals surface area contributed by atoms with Crippen molar-refractivity contribution in [1.29, 1.82) is 0 Å². The molecular weight excluding hydrogens is 307 g/mol. The van der Waals surface area contributed by atoms with Crippen molar-refractivity contribution in [1.82, 2.24) is 19.8 Å². The van der Waals surface area contributed by atoms with Crippen LogP contribution in [-0.4, -0.2) is 25.5 Å². The van der Waals surface area contributed by atoms with Gasteiger partial charge in [-0.2, -0.15) is 9.61 Å². The minimum absolute atomic E-state index is 0.284. The summed E-state index contributed by atoms with van der Waals surface area (Å²) in [6.07, 6.45) is 5.04. The molecule has 0 fully saturated rings. The van der Waals surface area contributed by atoms with E-state index in [1.54, 1.807) is 22.8 Å². The van der Waals surface area contributed by atoms with Gasteiger partial charge in [-0.25, -0.2) is 4.39 Å². The number of aryl methyl sites for hydroxylation is 1. The van der Waals surface area contributed by atoms with Crippen molar-refractivity contribution in [2.45, 2.75) is 19.8 Å². The fourth-order valence-electron chi connectivity index (χ4n) is 2.85. The number of allylic oxidation sites excluding steroid dienone is 1. The number of aromatic nitrogens is 4. The van der Waals surface area contributed by atoms with Gasteiger partial charge in [-0.3, -0.25) is 4.99 Å². The van der Waals surface area contributed by atoms with Gasteiger partial charge in [0.05, 0.1) is 17.0 Å². The Morgan fingerprint density at radius 2 is 2.00 bits per heavy atom. The quantitative estimate of drug-likeness (QED) is 0.804. The second-order valence-corrected chi connectivity index (χ2v) is 5.52. The monoisotopic (exact) mass is 322 g/mol. The zero-order valence-electron chi connectivity index (χ0n) is 13.1. The van der Waals surface area contributed by atoms with Crippen LogP contribution in [-0.2, 0) is 6.42 Å². The smallest absolute Gasteiger partial charge is 0.187 e. The van der Waals surface area contributed by atoms with Crippen LogP contribution in [0, 0.1) is 5.82 Å². The molecule has 2 N–H and O–H groups in total. The molecule has 7 heteroatoms. The fourth-order valence-corrected chi connectivity index (χ4v) is 2.85. The van der Waals surface area contributed by atoms with E-state index in [0.717, 1.165) is 22.5 Å². The van der Waals surface area contributed by atoms with Gasteiger partial charge in [0.15, 0.2) is 11.5 Å². The summed E-state index contributed by atoms with van der Waals surface area (Å²) < 4.78 is 14.8. The summed E-state index contributed by atoms with van der Waals surface area (Å²) in [5.74, 6) is 0.124. The predicted octanol–water partition coefficient (Wildman–Crippen LogP) is 2.78. The molecule has 3 heterocycles. The lowest BCUT2D eigenvalue weighted by Crippen LogP contribution is -2.12. The molecule has 2 aromatic heterocycles. The van der Waals surface area contributed by atoms with E-state index in [0.29, 0.717) is 30.0 Å². The highest BCUT2D eigenvalue weighted by molar-refractivity contribution is 6.04. The van der Waals surface area contributed by atoms with Crippen molar-refractivity contribution in [3.8, 4) is 11.1 Å². The number of anilines is 1. The average molecular weight is 322 g/mol. The number of rotatable bonds is 3. The van der Waals surface area contributed by atoms with Gasteiger partial charge in [0.2, 0.25) is 0 Å². The molecule has 3 aromatic rings. The van der Waals surface area contributed by atoms with Gasteiger partial charge < -0.3 is 5.73 Å². The van der Waals surface area contributed by atoms with Crippen LogP contribution in [0.15, 0.2) is 41.5 Å². The van der Waals surface area contributed by atoms with E-state index in [4.69, 9.17) is 5.73 Å². The summed E-state index contributed by atoms with van der Waals surface area (Å²) in [4.78, 5) is 4.26. The summed E-state index contributed by atoms with van der Waals surface area (Å²) >= 11 is 0. The molecule has 0 radical (unpaired) electrons. The predicted molar refractivity (Wildman–Crippen MR) is 90.3 cm³/mol. The Morgan fingerprint density at radius 3 is 2.67 bits per heavy atom. The minimum atomic E-state index is -0.284. The zero-order valence-corrected chi connectivity index (χ0v) is 13.1. The molecule has 1 aromatic carbocycles. The molecule has 120 valence electrons. The SMILES string of the molecule is CCc1nn2c(N)c(C3=NC=CC3)nnc2c1-c1ccc(F)cc1. The number of halogens is 1. The summed E-state index contributed by atoms with van der Waals surface area (Å²) in [6, 6.07) is 6.26. The largest absolute Gasteiger partial charge is 0.382 e. The maximum atomic E-state index is 13.2. The highest BCUT2D eigenvalue weighted by Gasteiger charge is 2.21. The van der Waals surface area contributed by atoms with Crippen LogP contribution in [0.1, 0.15) is 24.7 Å². The van der Waals surface area contributed by atoms with Crippen molar-refractivity contribution >= 4 is 17.2 Å². The highest BCUT2D eigenvalue weighted by atomic mass is 19.1. The zero-order chi connectivity index (χ0) is 16.7. The van der Waals surface area contributed by atoms with Crippen molar-refractivity contribution < 1.29 is 4.39 Å². The molecule has 1 aliphatic rings. The van der Waals surface area contributed by atoms with Crippen LogP contribution < -0.4 is 5.73 Å². The molecule has 0 saturated heterocycles. The van der Waals surface area contributed by atoms with Crippen LogP contribution in [0.25, 0.3) is 16.8 Å². The van der Waals surface area contributed by atoms with E-state index in [-0.39, 0.29) is 5.82 Å². The van der Waals surface area contributed by atoms with E-state index in [1.807, 2.05) is 13.0 Å². The van der Waals surface area contributed by atoms with E-state index >= 15 is 0 Å². The average Bonchev–Trinajstić information content (AvgIpc) is 3.23. The van der Waals surface area contributed by atoms with Crippen LogP contribution in [0.2, 0.25) is 0 Å². The molecule has 1 aliphatic heterocycles. The Hall–Kier alpha value is -3.09. The summed E-state index contributed by atoms with van der Waals surface area (Å²) in [6.45, 7) is 2.00. The van der Waals surface area contributed by atoms with Crippen LogP contribution in [0.3, 0.4) is 0 Å². The lowest BCUT2D eigenvalue weighted by molar-refractivity contribution is 0.628. The Morgan fingerprint density at radius 1 is 1.21 bits per heavy atom. The molecule has 24 heavy (non-hydrogen) atoms. The summed E-state index contributed by atoms with van der Waals surface area (Å²) in [7, 11) is 0. The second-order valence-electron chi connectivity index (χ2n) is 5.52. The summed E-state index contributed by atoms with van der Waals surface area (Å²) in [5, 5.41) is 13.2. The van der Waals surface area contributed by atoms with E-state index in [1.165, 1.54) is 12.1 Å². The van der Waals surface area contributed by atoms with Crippen molar-refractivity contribution in [3.63, 3.8) is 0 Å². The van der Waals surface area contributed by atoms with Crippen molar-refractivity contribution in [2.75, 3.05) is 5.73 Å². The molecule has 0 saturated carbocycles. The Kier molecular flexibility index (Phi) is 3.34. The van der Waals surface area contributed by atoms with Gasteiger partial charge in [-0.1, -0.05) is 25.1 Å². The fraction of sp³-hybridized carbons (Fsp3) is 0.176. The van der Waals surface area contributed by atoms with Crippen molar-refractivity contribution in [3.05, 3.63) is 53.7 Å². The third-order valence-corrected chi connectivity index (χ3v) is 4.04. The number of aliphatic imine (C=N–C) groups is 1. The standard InChI is InChI=1S/C17H15FN6/c1-2-12-14(10-5-7-11(18)8-6-10)17-22-21-15(13-4-3-9-20-13)16(19)24(17)23-12/h3,5-9H,2,4,19H2,1H3. The van der Waals surface area contributed by atoms with Gasteiger partial charge >= 0.3 is 0 Å². The van der Waals surface area contributed by atoms with Crippen LogP contribution in [0.4, 0.5) is 10.2 Å². The number of nitrogen functional groups attached to an aromatic ring is 1. The molecule has 0 spiro atoms. The van der Waals surface area contributed by atoms with Gasteiger partial charge in [-0.15, -0.1) is 10.2 Å². The Bertz CT molecular complexity index is 984. The molecule has 0 bridgehead atoms. The molecule has 0 amide bonds. The molecule has 0 unspecified atom stereocenters. The first kappa shape index (κ1) is 14.5. The van der Waals surface area contributed by atoms with E-state index in [2.05, 4.69) is 20.3 Å². The summed E-state index contributed by atoms with van der Waals surface area (Å²) in [5.41, 5.74) is 10.7. The normalized spacial score (nSPS) is 13.7. The number of nitrogens with zero attached hydrogens (tertiary/aromatic N) is 5. The first-order valence-corrected chi connectivity index (χ1v) is 7.70. The lowest BCUT2D eigenvalue weighted by Gasteiger charge is -2.05. The van der Waals surface area contributed by atoms with E-state index in [9.17, 15) is 4.39 Å². The molecule has 6 nitrogen and oxygen atoms in total.